The van der Waals surface area contributed by atoms with Gasteiger partial charge < -0.3 is 9.84 Å². The number of hydrazone groups is 1. The third kappa shape index (κ3) is 3.05. The van der Waals surface area contributed by atoms with E-state index in [4.69, 9.17) is 27.9 Å². The van der Waals surface area contributed by atoms with E-state index in [2.05, 4.69) is 10.5 Å². The number of amides is 1. The fourth-order valence-corrected chi connectivity index (χ4v) is 3.17. The van der Waals surface area contributed by atoms with Crippen molar-refractivity contribution in [2.75, 3.05) is 7.11 Å². The molecule has 1 amide bonds. The summed E-state index contributed by atoms with van der Waals surface area (Å²) in [6.45, 7) is 0. The fraction of sp³-hybridized carbons (Fsp3) is 0.176. The molecule has 5 nitrogen and oxygen atoms in total. The summed E-state index contributed by atoms with van der Waals surface area (Å²) >= 11 is 12.1. The van der Waals surface area contributed by atoms with Crippen LogP contribution < -0.4 is 10.2 Å². The normalized spacial score (nSPS) is 14.5. The van der Waals surface area contributed by atoms with Gasteiger partial charge in [0.1, 0.15) is 11.5 Å². The number of benzene rings is 2. The van der Waals surface area contributed by atoms with Crippen molar-refractivity contribution < 1.29 is 14.6 Å². The Balaban J connectivity index is 1.83. The van der Waals surface area contributed by atoms with Crippen LogP contribution in [0.5, 0.6) is 11.5 Å². The van der Waals surface area contributed by atoms with E-state index in [1.807, 2.05) is 0 Å². The average Bonchev–Trinajstić information content (AvgIpc) is 3.02. The Hall–Kier alpha value is -2.24. The maximum absolute atomic E-state index is 12.2. The molecule has 2 N–H and O–H groups in total. The number of nitrogens with one attached hydrogen (secondary N) is 1. The summed E-state index contributed by atoms with van der Waals surface area (Å²) in [5.74, 6) is 0.244. The molecule has 3 rings (SSSR count). The number of aromatic hydroxyl groups is 1. The molecule has 0 aromatic heterocycles. The summed E-state index contributed by atoms with van der Waals surface area (Å²) in [5.41, 5.74) is 4.79. The lowest BCUT2D eigenvalue weighted by Crippen LogP contribution is -2.19. The first-order chi connectivity index (χ1) is 11.5. The van der Waals surface area contributed by atoms with Gasteiger partial charge in [-0.3, -0.25) is 4.79 Å². The first kappa shape index (κ1) is 16.6. The van der Waals surface area contributed by atoms with Crippen LogP contribution in [0, 0.1) is 0 Å². The lowest BCUT2D eigenvalue weighted by Gasteiger charge is -2.08. The number of carbonyl (C=O) groups excluding carboxylic acids is 1. The molecular formula is C17H14Cl2N2O3. The molecule has 0 radical (unpaired) electrons. The standard InChI is InChI=1S/C17H14Cl2N2O3/c1-24-10-4-2-9(3-5-10)17(23)21-20-14-7-6-11-12(18)8-13(19)16(22)15(11)14/h2-5,8,22H,6-7H2,1H3,(H,21,23)/b20-14+. The zero-order valence-corrected chi connectivity index (χ0v) is 14.3. The molecule has 7 heteroatoms. The molecule has 0 bridgehead atoms. The van der Waals surface area contributed by atoms with Gasteiger partial charge >= 0.3 is 0 Å². The fourth-order valence-electron chi connectivity index (χ4n) is 2.61. The Kier molecular flexibility index (Phi) is 4.64. The summed E-state index contributed by atoms with van der Waals surface area (Å²) in [5, 5.41) is 14.9. The van der Waals surface area contributed by atoms with Gasteiger partial charge in [-0.05, 0) is 48.7 Å². The smallest absolute Gasteiger partial charge is 0.271 e. The van der Waals surface area contributed by atoms with Crippen molar-refractivity contribution in [3.05, 3.63) is 57.1 Å². The van der Waals surface area contributed by atoms with Crippen molar-refractivity contribution >= 4 is 34.8 Å². The quantitative estimate of drug-likeness (QED) is 0.813. The molecule has 0 aliphatic heterocycles. The van der Waals surface area contributed by atoms with Crippen molar-refractivity contribution in [1.82, 2.24) is 5.43 Å². The second-order valence-electron chi connectivity index (χ2n) is 5.27. The van der Waals surface area contributed by atoms with Gasteiger partial charge in [-0.15, -0.1) is 0 Å². The molecule has 0 saturated carbocycles. The Morgan fingerprint density at radius 1 is 1.21 bits per heavy atom. The minimum absolute atomic E-state index is 0.0639. The molecule has 2 aromatic rings. The SMILES string of the molecule is COc1ccc(C(=O)N/N=C2\CCc3c(Cl)cc(Cl)c(O)c32)cc1. The van der Waals surface area contributed by atoms with Crippen molar-refractivity contribution in [2.45, 2.75) is 12.8 Å². The molecule has 0 heterocycles. The third-order valence-electron chi connectivity index (χ3n) is 3.85. The van der Waals surface area contributed by atoms with Gasteiger partial charge in [0.25, 0.3) is 5.91 Å². The van der Waals surface area contributed by atoms with Crippen LogP contribution in [0.2, 0.25) is 10.0 Å². The number of nitrogens with zero attached hydrogens (tertiary/aromatic N) is 1. The lowest BCUT2D eigenvalue weighted by atomic mass is 10.1. The van der Waals surface area contributed by atoms with Crippen LogP contribution in [0.4, 0.5) is 0 Å². The van der Waals surface area contributed by atoms with Crippen molar-refractivity contribution in [2.24, 2.45) is 5.10 Å². The van der Waals surface area contributed by atoms with Crippen molar-refractivity contribution in [3.8, 4) is 11.5 Å². The molecular weight excluding hydrogens is 351 g/mol. The summed E-state index contributed by atoms with van der Waals surface area (Å²) in [7, 11) is 1.56. The monoisotopic (exact) mass is 364 g/mol. The number of phenols is 1. The van der Waals surface area contributed by atoms with E-state index >= 15 is 0 Å². The highest BCUT2D eigenvalue weighted by Crippen LogP contribution is 2.40. The first-order valence-electron chi connectivity index (χ1n) is 7.22. The molecule has 0 atom stereocenters. The number of carbonyl (C=O) groups is 1. The number of phenolic OH excluding ortho intramolecular Hbond substituents is 1. The molecule has 0 fully saturated rings. The first-order valence-corrected chi connectivity index (χ1v) is 7.98. The van der Waals surface area contributed by atoms with E-state index in [1.165, 1.54) is 6.07 Å². The van der Waals surface area contributed by atoms with E-state index in [0.29, 0.717) is 40.5 Å². The number of fused-ring (bicyclic) bond motifs is 1. The van der Waals surface area contributed by atoms with Gasteiger partial charge in [0.05, 0.1) is 17.8 Å². The van der Waals surface area contributed by atoms with Crippen LogP contribution in [0.3, 0.4) is 0 Å². The average molecular weight is 365 g/mol. The van der Waals surface area contributed by atoms with Crippen LogP contribution in [0.15, 0.2) is 35.4 Å². The second-order valence-corrected chi connectivity index (χ2v) is 6.08. The maximum atomic E-state index is 12.2. The summed E-state index contributed by atoms with van der Waals surface area (Å²) in [6.07, 6.45) is 1.20. The third-order valence-corrected chi connectivity index (χ3v) is 4.48. The number of rotatable bonds is 3. The van der Waals surface area contributed by atoms with Gasteiger partial charge in [-0.2, -0.15) is 5.10 Å². The topological polar surface area (TPSA) is 70.9 Å². The van der Waals surface area contributed by atoms with Crippen LogP contribution in [0.25, 0.3) is 0 Å². The van der Waals surface area contributed by atoms with E-state index in [9.17, 15) is 9.90 Å². The Bertz CT molecular complexity index is 833. The van der Waals surface area contributed by atoms with Crippen LogP contribution >= 0.6 is 23.2 Å². The number of methoxy groups -OCH3 is 1. The Morgan fingerprint density at radius 2 is 1.92 bits per heavy atom. The molecule has 1 aliphatic rings. The minimum atomic E-state index is -0.355. The molecule has 2 aromatic carbocycles. The van der Waals surface area contributed by atoms with Gasteiger partial charge in [0.2, 0.25) is 0 Å². The molecule has 1 aliphatic carbocycles. The highest BCUT2D eigenvalue weighted by atomic mass is 35.5. The zero-order valence-electron chi connectivity index (χ0n) is 12.8. The van der Waals surface area contributed by atoms with E-state index < -0.39 is 0 Å². The number of halogens is 2. The largest absolute Gasteiger partial charge is 0.506 e. The highest BCUT2D eigenvalue weighted by molar-refractivity contribution is 6.37. The predicted molar refractivity (Wildman–Crippen MR) is 93.4 cm³/mol. The van der Waals surface area contributed by atoms with Crippen molar-refractivity contribution in [3.63, 3.8) is 0 Å². The number of hydrogen-bond donors (Lipinski definition) is 2. The van der Waals surface area contributed by atoms with Crippen LogP contribution in [-0.2, 0) is 6.42 Å². The van der Waals surface area contributed by atoms with Gasteiger partial charge in [-0.25, -0.2) is 5.43 Å². The maximum Gasteiger partial charge on any atom is 0.271 e. The molecule has 0 saturated heterocycles. The summed E-state index contributed by atoms with van der Waals surface area (Å²) in [6, 6.07) is 8.18. The summed E-state index contributed by atoms with van der Waals surface area (Å²) in [4.78, 5) is 12.2. The Morgan fingerprint density at radius 3 is 2.58 bits per heavy atom. The highest BCUT2D eigenvalue weighted by Gasteiger charge is 2.26. The zero-order chi connectivity index (χ0) is 17.3. The molecule has 0 unspecified atom stereocenters. The van der Waals surface area contributed by atoms with E-state index in [1.54, 1.807) is 31.4 Å². The summed E-state index contributed by atoms with van der Waals surface area (Å²) < 4.78 is 5.05. The Labute approximate surface area is 148 Å². The predicted octanol–water partition coefficient (Wildman–Crippen LogP) is 3.79. The number of ether oxygens (including phenoxy) is 1. The molecule has 24 heavy (non-hydrogen) atoms. The van der Waals surface area contributed by atoms with Crippen molar-refractivity contribution in [1.29, 1.82) is 0 Å². The molecule has 0 spiro atoms. The van der Waals surface area contributed by atoms with Gasteiger partial charge in [-0.1, -0.05) is 23.2 Å². The van der Waals surface area contributed by atoms with Crippen LogP contribution in [0.1, 0.15) is 27.9 Å². The van der Waals surface area contributed by atoms with Gasteiger partial charge in [0.15, 0.2) is 0 Å². The van der Waals surface area contributed by atoms with Gasteiger partial charge in [0, 0.05) is 16.1 Å². The minimum Gasteiger partial charge on any atom is -0.506 e. The lowest BCUT2D eigenvalue weighted by molar-refractivity contribution is 0.0954. The van der Waals surface area contributed by atoms with E-state index in [0.717, 1.165) is 5.56 Å². The second kappa shape index (κ2) is 6.71. The molecule has 124 valence electrons. The van der Waals surface area contributed by atoms with E-state index in [-0.39, 0.29) is 16.7 Å². The number of hydrogen-bond acceptors (Lipinski definition) is 4. The van der Waals surface area contributed by atoms with Crippen LogP contribution in [-0.4, -0.2) is 23.8 Å².